The molecular formula is C9H7NO3. The van der Waals surface area contributed by atoms with E-state index in [9.17, 15) is 15.0 Å². The molecule has 4 nitrogen and oxygen atoms in total. The third-order valence-corrected chi connectivity index (χ3v) is 1.58. The quantitative estimate of drug-likeness (QED) is 0.631. The van der Waals surface area contributed by atoms with E-state index in [1.807, 2.05) is 0 Å². The molecule has 0 spiro atoms. The Hall–Kier alpha value is -2.02. The number of benzene rings is 1. The summed E-state index contributed by atoms with van der Waals surface area (Å²) in [6, 6.07) is 4.01. The van der Waals surface area contributed by atoms with E-state index in [4.69, 9.17) is 5.26 Å². The maximum absolute atomic E-state index is 10.9. The van der Waals surface area contributed by atoms with E-state index in [1.165, 1.54) is 6.92 Å². The molecule has 2 N–H and O–H groups in total. The maximum Gasteiger partial charge on any atom is 0.167 e. The van der Waals surface area contributed by atoms with Gasteiger partial charge < -0.3 is 10.2 Å². The smallest absolute Gasteiger partial charge is 0.167 e. The molecule has 13 heavy (non-hydrogen) atoms. The monoisotopic (exact) mass is 177 g/mol. The number of hydrogen-bond donors (Lipinski definition) is 2. The third-order valence-electron chi connectivity index (χ3n) is 1.58. The second-order valence-corrected chi connectivity index (χ2v) is 2.56. The van der Waals surface area contributed by atoms with E-state index in [0.29, 0.717) is 0 Å². The van der Waals surface area contributed by atoms with Crippen molar-refractivity contribution in [3.8, 4) is 17.6 Å². The lowest BCUT2D eigenvalue weighted by atomic mass is 10.1. The fourth-order valence-corrected chi connectivity index (χ4v) is 1.04. The van der Waals surface area contributed by atoms with Crippen LogP contribution in [0.15, 0.2) is 12.1 Å². The number of carbonyl (C=O) groups excluding carboxylic acids is 1. The fraction of sp³-hybridized carbons (Fsp3) is 0.111. The molecule has 0 bridgehead atoms. The zero-order chi connectivity index (χ0) is 10.0. The summed E-state index contributed by atoms with van der Waals surface area (Å²) in [7, 11) is 0. The van der Waals surface area contributed by atoms with Gasteiger partial charge in [0.25, 0.3) is 0 Å². The van der Waals surface area contributed by atoms with Crippen molar-refractivity contribution in [2.75, 3.05) is 0 Å². The van der Waals surface area contributed by atoms with E-state index >= 15 is 0 Å². The first-order valence-electron chi connectivity index (χ1n) is 3.53. The lowest BCUT2D eigenvalue weighted by molar-refractivity contribution is 0.101. The lowest BCUT2D eigenvalue weighted by Crippen LogP contribution is -1.94. The molecule has 0 radical (unpaired) electrons. The van der Waals surface area contributed by atoms with Crippen LogP contribution in [0.2, 0.25) is 0 Å². The molecule has 0 amide bonds. The van der Waals surface area contributed by atoms with Gasteiger partial charge in [-0.05, 0) is 19.1 Å². The van der Waals surface area contributed by atoms with Gasteiger partial charge in [0.05, 0.1) is 11.6 Å². The summed E-state index contributed by atoms with van der Waals surface area (Å²) >= 11 is 0. The predicted octanol–water partition coefficient (Wildman–Crippen LogP) is 1.17. The molecule has 0 atom stereocenters. The summed E-state index contributed by atoms with van der Waals surface area (Å²) < 4.78 is 0. The highest BCUT2D eigenvalue weighted by atomic mass is 16.3. The molecular weight excluding hydrogens is 170 g/mol. The van der Waals surface area contributed by atoms with E-state index in [-0.39, 0.29) is 22.6 Å². The van der Waals surface area contributed by atoms with E-state index in [1.54, 1.807) is 6.07 Å². The standard InChI is InChI=1S/C9H7NO3/c1-5(11)9-7(12)2-6(4-10)3-8(9)13/h2-3,12-13H,1H3. The van der Waals surface area contributed by atoms with Crippen LogP contribution in [0.1, 0.15) is 22.8 Å². The molecule has 1 aromatic rings. The van der Waals surface area contributed by atoms with Gasteiger partial charge in [0.1, 0.15) is 17.1 Å². The Kier molecular flexibility index (Phi) is 2.20. The minimum absolute atomic E-state index is 0.111. The molecule has 0 aliphatic carbocycles. The summed E-state index contributed by atoms with van der Waals surface area (Å²) in [6.07, 6.45) is 0. The summed E-state index contributed by atoms with van der Waals surface area (Å²) in [5, 5.41) is 26.9. The SMILES string of the molecule is CC(=O)c1c(O)cc(C#N)cc1O. The van der Waals surface area contributed by atoms with Crippen LogP contribution in [0.3, 0.4) is 0 Å². The van der Waals surface area contributed by atoms with E-state index < -0.39 is 5.78 Å². The molecule has 0 aromatic heterocycles. The van der Waals surface area contributed by atoms with Crippen molar-refractivity contribution in [2.24, 2.45) is 0 Å². The number of hydrogen-bond acceptors (Lipinski definition) is 4. The summed E-state index contributed by atoms with van der Waals surface area (Å²) in [4.78, 5) is 10.9. The molecule has 0 heterocycles. The summed E-state index contributed by atoms with van der Waals surface area (Å²) in [5.74, 6) is -1.19. The number of nitriles is 1. The number of Topliss-reactive ketones (excluding diaryl/α,β-unsaturated/α-hetero) is 1. The number of ketones is 1. The lowest BCUT2D eigenvalue weighted by Gasteiger charge is -2.03. The Morgan fingerprint density at radius 1 is 1.38 bits per heavy atom. The highest BCUT2D eigenvalue weighted by Crippen LogP contribution is 2.28. The fourth-order valence-electron chi connectivity index (χ4n) is 1.04. The normalized spacial score (nSPS) is 9.23. The zero-order valence-electron chi connectivity index (χ0n) is 6.90. The van der Waals surface area contributed by atoms with Crippen LogP contribution in [0, 0.1) is 11.3 Å². The molecule has 0 saturated carbocycles. The largest absolute Gasteiger partial charge is 0.507 e. The van der Waals surface area contributed by atoms with Gasteiger partial charge >= 0.3 is 0 Å². The highest BCUT2D eigenvalue weighted by molar-refractivity contribution is 5.99. The molecule has 0 saturated heterocycles. The summed E-state index contributed by atoms with van der Waals surface area (Å²) in [6.45, 7) is 1.22. The molecule has 0 aliphatic rings. The van der Waals surface area contributed by atoms with Gasteiger partial charge in [0, 0.05) is 0 Å². The van der Waals surface area contributed by atoms with Gasteiger partial charge in [-0.25, -0.2) is 0 Å². The molecule has 1 rings (SSSR count). The summed E-state index contributed by atoms with van der Waals surface area (Å²) in [5.41, 5.74) is -0.0426. The Morgan fingerprint density at radius 2 is 1.85 bits per heavy atom. The Morgan fingerprint density at radius 3 is 2.15 bits per heavy atom. The number of phenols is 2. The maximum atomic E-state index is 10.9. The van der Waals surface area contributed by atoms with E-state index in [2.05, 4.69) is 0 Å². The van der Waals surface area contributed by atoms with Gasteiger partial charge in [0.2, 0.25) is 0 Å². The van der Waals surface area contributed by atoms with Gasteiger partial charge in [-0.2, -0.15) is 5.26 Å². The van der Waals surface area contributed by atoms with Crippen molar-refractivity contribution >= 4 is 5.78 Å². The Bertz CT molecular complexity index is 381. The molecule has 0 fully saturated rings. The van der Waals surface area contributed by atoms with Crippen LogP contribution in [0.5, 0.6) is 11.5 Å². The van der Waals surface area contributed by atoms with Gasteiger partial charge in [-0.15, -0.1) is 0 Å². The van der Waals surface area contributed by atoms with Crippen LogP contribution in [-0.2, 0) is 0 Å². The van der Waals surface area contributed by atoms with Crippen molar-refractivity contribution in [3.63, 3.8) is 0 Å². The van der Waals surface area contributed by atoms with Crippen molar-refractivity contribution < 1.29 is 15.0 Å². The van der Waals surface area contributed by atoms with Crippen molar-refractivity contribution in [1.82, 2.24) is 0 Å². The second-order valence-electron chi connectivity index (χ2n) is 2.56. The Balaban J connectivity index is 3.42. The zero-order valence-corrected chi connectivity index (χ0v) is 6.90. The Labute approximate surface area is 74.7 Å². The van der Waals surface area contributed by atoms with Crippen molar-refractivity contribution in [3.05, 3.63) is 23.3 Å². The van der Waals surface area contributed by atoms with Crippen LogP contribution in [-0.4, -0.2) is 16.0 Å². The number of nitrogens with zero attached hydrogens (tertiary/aromatic N) is 1. The first-order valence-corrected chi connectivity index (χ1v) is 3.53. The van der Waals surface area contributed by atoms with Gasteiger partial charge in [-0.1, -0.05) is 0 Å². The van der Waals surface area contributed by atoms with Crippen LogP contribution >= 0.6 is 0 Å². The predicted molar refractivity (Wildman–Crippen MR) is 44.5 cm³/mol. The average Bonchev–Trinajstić information content (AvgIpc) is 2.02. The van der Waals surface area contributed by atoms with Crippen molar-refractivity contribution in [1.29, 1.82) is 5.26 Å². The number of phenolic OH excluding ortho intramolecular Hbond substituents is 2. The molecule has 4 heteroatoms. The van der Waals surface area contributed by atoms with Gasteiger partial charge in [-0.3, -0.25) is 4.79 Å². The van der Waals surface area contributed by atoms with Crippen LogP contribution < -0.4 is 0 Å². The van der Waals surface area contributed by atoms with E-state index in [0.717, 1.165) is 12.1 Å². The molecule has 66 valence electrons. The van der Waals surface area contributed by atoms with Crippen molar-refractivity contribution in [2.45, 2.75) is 6.92 Å². The number of aromatic hydroxyl groups is 2. The molecule has 0 unspecified atom stereocenters. The highest BCUT2D eigenvalue weighted by Gasteiger charge is 2.13. The average molecular weight is 177 g/mol. The first kappa shape index (κ1) is 9.07. The second kappa shape index (κ2) is 3.15. The van der Waals surface area contributed by atoms with Crippen LogP contribution in [0.4, 0.5) is 0 Å². The number of rotatable bonds is 1. The number of carbonyl (C=O) groups is 1. The van der Waals surface area contributed by atoms with Gasteiger partial charge in [0.15, 0.2) is 5.78 Å². The first-order chi connectivity index (χ1) is 6.06. The minimum Gasteiger partial charge on any atom is -0.507 e. The molecule has 0 aliphatic heterocycles. The minimum atomic E-state index is -0.445. The van der Waals surface area contributed by atoms with Crippen LogP contribution in [0.25, 0.3) is 0 Å². The molecule has 1 aromatic carbocycles. The third kappa shape index (κ3) is 1.59. The topological polar surface area (TPSA) is 81.3 Å².